The molecule has 5 aromatic heterocycles. The molecule has 0 spiro atoms. The maximum absolute atomic E-state index is 13.5. The number of amides is 4. The number of carbonyl (C=O) groups excluding carboxylic acids is 5. The number of aliphatic imine (C=N–C) groups is 1. The maximum atomic E-state index is 13.5. The number of carboxylic acids is 1. The lowest BCUT2D eigenvalue weighted by atomic mass is 10.1. The Bertz CT molecular complexity index is 2930. The molecule has 20 heteroatoms. The van der Waals surface area contributed by atoms with Gasteiger partial charge in [-0.1, -0.05) is 12.2 Å². The van der Waals surface area contributed by atoms with Crippen LogP contribution in [0.25, 0.3) is 11.0 Å². The van der Waals surface area contributed by atoms with Gasteiger partial charge in [-0.05, 0) is 43.2 Å². The highest BCUT2D eigenvalue weighted by atomic mass is 16.5. The number of nitrogens with zero attached hydrogens (tertiary/aromatic N) is 8. The maximum Gasteiger partial charge on any atom is 0.337 e. The van der Waals surface area contributed by atoms with Crippen molar-refractivity contribution in [3.8, 4) is 11.5 Å². The molecule has 1 aromatic carbocycles. The summed E-state index contributed by atoms with van der Waals surface area (Å²) in [6.07, 6.45) is 10.1. The SMILES string of the molecule is C=C1CC2C=Nc3cc(OCCCC(=O)Nc4cn(C)c(C(=O)Nc5cc(C(=O)Nc6cc(C(=O)n7ccc8cc(C(=O)O)cnc87)n(C)c6)n(C)c5)n4)c(OC)cc3C(=O)N2C1. The fourth-order valence-corrected chi connectivity index (χ4v) is 7.48. The lowest BCUT2D eigenvalue weighted by Gasteiger charge is -2.20. The topological polar surface area (TPSA) is 238 Å². The van der Waals surface area contributed by atoms with Gasteiger partial charge in [-0.3, -0.25) is 33.5 Å². The highest BCUT2D eigenvalue weighted by molar-refractivity contribution is 6.08. The van der Waals surface area contributed by atoms with Crippen LogP contribution >= 0.6 is 0 Å². The van der Waals surface area contributed by atoms with Crippen LogP contribution in [0.2, 0.25) is 0 Å². The Kier molecular flexibility index (Phi) is 10.9. The van der Waals surface area contributed by atoms with Crippen LogP contribution < -0.4 is 25.4 Å². The average molecular weight is 856 g/mol. The molecule has 0 saturated carbocycles. The molecular formula is C43H41N11O9. The van der Waals surface area contributed by atoms with Gasteiger partial charge in [0.15, 0.2) is 17.3 Å². The molecule has 0 bridgehead atoms. The fraction of sp³-hybridized carbons (Fsp3) is 0.233. The summed E-state index contributed by atoms with van der Waals surface area (Å²) in [5.74, 6) is -2.27. The Morgan fingerprint density at radius 3 is 2.38 bits per heavy atom. The first-order chi connectivity index (χ1) is 30.2. The molecule has 1 unspecified atom stereocenters. The van der Waals surface area contributed by atoms with E-state index in [2.05, 4.69) is 37.5 Å². The summed E-state index contributed by atoms with van der Waals surface area (Å²) in [4.78, 5) is 92.3. The summed E-state index contributed by atoms with van der Waals surface area (Å²) in [6, 6.07) is 9.13. The van der Waals surface area contributed by atoms with E-state index in [-0.39, 0.29) is 65.1 Å². The second-order valence-electron chi connectivity index (χ2n) is 15.1. The van der Waals surface area contributed by atoms with Crippen molar-refractivity contribution < 1.29 is 43.3 Å². The number of methoxy groups -OCH3 is 1. The first-order valence-corrected chi connectivity index (χ1v) is 19.6. The zero-order valence-corrected chi connectivity index (χ0v) is 34.5. The third-order valence-electron chi connectivity index (χ3n) is 10.6. The Balaban J connectivity index is 0.837. The van der Waals surface area contributed by atoms with Crippen LogP contribution in [0.15, 0.2) is 84.5 Å². The van der Waals surface area contributed by atoms with Gasteiger partial charge in [-0.25, -0.2) is 14.8 Å². The number of ether oxygens (including phenoxy) is 2. The van der Waals surface area contributed by atoms with Gasteiger partial charge >= 0.3 is 5.97 Å². The minimum Gasteiger partial charge on any atom is -0.493 e. The normalized spacial score (nSPS) is 14.3. The molecule has 322 valence electrons. The van der Waals surface area contributed by atoms with Crippen molar-refractivity contribution in [3.05, 3.63) is 108 Å². The number of carboxylic acid groups (broad SMARTS) is 1. The van der Waals surface area contributed by atoms with E-state index in [0.717, 1.165) is 5.57 Å². The quantitative estimate of drug-likeness (QED) is 0.0923. The molecule has 0 radical (unpaired) electrons. The first-order valence-electron chi connectivity index (χ1n) is 19.6. The van der Waals surface area contributed by atoms with E-state index >= 15 is 0 Å². The summed E-state index contributed by atoms with van der Waals surface area (Å²) in [5.41, 5.74) is 3.19. The Morgan fingerprint density at radius 1 is 0.905 bits per heavy atom. The molecule has 1 atom stereocenters. The molecule has 20 nitrogen and oxygen atoms in total. The van der Waals surface area contributed by atoms with Crippen molar-refractivity contribution in [1.82, 2.24) is 33.1 Å². The van der Waals surface area contributed by atoms with Gasteiger partial charge in [0.1, 0.15) is 17.0 Å². The van der Waals surface area contributed by atoms with E-state index in [9.17, 15) is 33.9 Å². The average Bonchev–Trinajstić information content (AvgIpc) is 4.07. The number of nitrogens with one attached hydrogen (secondary N) is 3. The summed E-state index contributed by atoms with van der Waals surface area (Å²) >= 11 is 0. The number of fused-ring (bicyclic) bond motifs is 3. The lowest BCUT2D eigenvalue weighted by molar-refractivity contribution is -0.116. The van der Waals surface area contributed by atoms with Gasteiger partial charge in [-0.15, -0.1) is 0 Å². The number of aryl methyl sites for hydroxylation is 3. The molecule has 1 fully saturated rings. The first kappa shape index (κ1) is 41.4. The van der Waals surface area contributed by atoms with Gasteiger partial charge < -0.3 is 49.1 Å². The van der Waals surface area contributed by atoms with Crippen LogP contribution in [0, 0.1) is 0 Å². The van der Waals surface area contributed by atoms with E-state index in [0.29, 0.717) is 58.9 Å². The molecule has 4 N–H and O–H groups in total. The predicted octanol–water partition coefficient (Wildman–Crippen LogP) is 4.63. The number of benzene rings is 1. The number of hydrogen-bond acceptors (Lipinski definition) is 11. The highest BCUT2D eigenvalue weighted by Crippen LogP contribution is 2.38. The minimum atomic E-state index is -1.13. The van der Waals surface area contributed by atoms with E-state index in [1.165, 1.54) is 57.6 Å². The minimum absolute atomic E-state index is 0.000209. The summed E-state index contributed by atoms with van der Waals surface area (Å²) in [6.45, 7) is 4.65. The van der Waals surface area contributed by atoms with Crippen LogP contribution in [0.1, 0.15) is 71.6 Å². The van der Waals surface area contributed by atoms with Gasteiger partial charge in [0, 0.05) is 82.8 Å². The zero-order valence-electron chi connectivity index (χ0n) is 34.5. The van der Waals surface area contributed by atoms with Crippen LogP contribution in [0.5, 0.6) is 11.5 Å². The van der Waals surface area contributed by atoms with Gasteiger partial charge in [0.2, 0.25) is 11.7 Å². The standard InChI is InChI=1S/C43H41N11O9/c1-23-11-28-18-44-30-16-34(33(62-5)15-29(30)41(58)54(28)19-23)63-10-6-7-36(55)48-35-22-52(4)38(49-35)40(57)47-26-13-31(50(2)20-26)39(56)46-27-14-32(51(3)21-27)42(59)53-9-8-24-12-25(43(60)61)17-45-37(24)53/h8-9,12-18,20-22,28H,1,6-7,10-11,19H2,2-5H3,(H,46,56)(H,47,57)(H,48,55)(H,60,61). The molecule has 2 aliphatic heterocycles. The van der Waals surface area contributed by atoms with Crippen LogP contribution in [0.4, 0.5) is 22.9 Å². The van der Waals surface area contributed by atoms with E-state index < -0.39 is 23.7 Å². The van der Waals surface area contributed by atoms with Crippen LogP contribution in [-0.4, -0.2) is 106 Å². The van der Waals surface area contributed by atoms with Gasteiger partial charge in [0.05, 0.1) is 47.9 Å². The molecule has 8 rings (SSSR count). The van der Waals surface area contributed by atoms with Crippen LogP contribution in [0.3, 0.4) is 0 Å². The monoisotopic (exact) mass is 855 g/mol. The van der Waals surface area contributed by atoms with Crippen LogP contribution in [-0.2, 0) is 25.9 Å². The summed E-state index contributed by atoms with van der Waals surface area (Å²) in [7, 11) is 6.36. The van der Waals surface area contributed by atoms with E-state index in [1.54, 1.807) is 67.4 Å². The molecule has 4 amide bonds. The number of carbonyl (C=O) groups is 6. The van der Waals surface area contributed by atoms with Crippen molar-refractivity contribution in [1.29, 1.82) is 0 Å². The van der Waals surface area contributed by atoms with Crippen molar-refractivity contribution in [2.75, 3.05) is 36.2 Å². The zero-order chi connectivity index (χ0) is 44.7. The molecular weight excluding hydrogens is 815 g/mol. The smallest absolute Gasteiger partial charge is 0.337 e. The van der Waals surface area contributed by atoms with Gasteiger partial charge in [0.25, 0.3) is 23.6 Å². The van der Waals surface area contributed by atoms with Gasteiger partial charge in [-0.2, -0.15) is 0 Å². The van der Waals surface area contributed by atoms with Crippen molar-refractivity contribution in [3.63, 3.8) is 0 Å². The molecule has 2 aliphatic rings. The Labute approximate surface area is 358 Å². The molecule has 6 aromatic rings. The van der Waals surface area contributed by atoms with E-state index in [4.69, 9.17) is 9.47 Å². The molecule has 7 heterocycles. The summed E-state index contributed by atoms with van der Waals surface area (Å²) < 4.78 is 17.3. The number of rotatable bonds is 13. The number of aromatic carboxylic acids is 1. The number of imidazole rings is 1. The lowest BCUT2D eigenvalue weighted by Crippen LogP contribution is -2.35. The number of aromatic nitrogens is 6. The second kappa shape index (κ2) is 16.6. The molecule has 63 heavy (non-hydrogen) atoms. The molecule has 0 aliphatic carbocycles. The van der Waals surface area contributed by atoms with Crippen molar-refractivity contribution in [2.45, 2.75) is 25.3 Å². The number of anilines is 3. The number of pyridine rings is 1. The predicted molar refractivity (Wildman–Crippen MR) is 229 cm³/mol. The van der Waals surface area contributed by atoms with Crippen molar-refractivity contribution in [2.24, 2.45) is 26.1 Å². The largest absolute Gasteiger partial charge is 0.493 e. The molecule has 1 saturated heterocycles. The number of hydrogen-bond donors (Lipinski definition) is 4. The van der Waals surface area contributed by atoms with Crippen molar-refractivity contribution >= 4 is 75.6 Å². The highest BCUT2D eigenvalue weighted by Gasteiger charge is 2.34. The Hall–Kier alpha value is -8.29. The van der Waals surface area contributed by atoms with E-state index in [1.807, 2.05) is 0 Å². The summed E-state index contributed by atoms with van der Waals surface area (Å²) in [5, 5.41) is 18.0. The third-order valence-corrected chi connectivity index (χ3v) is 10.6. The third kappa shape index (κ3) is 8.28. The fourth-order valence-electron chi connectivity index (χ4n) is 7.48. The Morgan fingerprint density at radius 2 is 1.63 bits per heavy atom. The second-order valence-corrected chi connectivity index (χ2v) is 15.1.